The van der Waals surface area contributed by atoms with Crippen LogP contribution in [-0.2, 0) is 14.3 Å². The van der Waals surface area contributed by atoms with Gasteiger partial charge in [0, 0.05) is 34.9 Å². The SMILES string of the molecule is COc1ccc(OC)c([C@@H]2C3=C(C[C@H](c4ccccc4)CC3=O)N=C(C)C2C(=O)OC2CCCCC2)c1. The molecule has 2 aliphatic carbocycles. The summed E-state index contributed by atoms with van der Waals surface area (Å²) in [5, 5.41) is 0. The minimum atomic E-state index is -0.695. The van der Waals surface area contributed by atoms with Gasteiger partial charge in [-0.25, -0.2) is 0 Å². The van der Waals surface area contributed by atoms with Crippen LogP contribution in [0.5, 0.6) is 11.5 Å². The predicted octanol–water partition coefficient (Wildman–Crippen LogP) is 6.15. The van der Waals surface area contributed by atoms with Crippen LogP contribution in [0, 0.1) is 5.92 Å². The van der Waals surface area contributed by atoms with Gasteiger partial charge in [0.2, 0.25) is 0 Å². The van der Waals surface area contributed by atoms with Crippen molar-refractivity contribution in [2.45, 2.75) is 69.8 Å². The number of ketones is 1. The van der Waals surface area contributed by atoms with E-state index in [4.69, 9.17) is 19.2 Å². The normalized spacial score (nSPS) is 24.2. The molecule has 2 aromatic rings. The molecule has 37 heavy (non-hydrogen) atoms. The molecule has 5 rings (SSSR count). The van der Waals surface area contributed by atoms with Crippen LogP contribution in [0.1, 0.15) is 74.8 Å². The zero-order chi connectivity index (χ0) is 25.9. The lowest BCUT2D eigenvalue weighted by molar-refractivity contribution is -0.153. The number of hydrogen-bond donors (Lipinski definition) is 0. The van der Waals surface area contributed by atoms with E-state index in [-0.39, 0.29) is 23.8 Å². The largest absolute Gasteiger partial charge is 0.497 e. The third kappa shape index (κ3) is 5.07. The first-order valence-electron chi connectivity index (χ1n) is 13.3. The lowest BCUT2D eigenvalue weighted by Crippen LogP contribution is -2.39. The molecule has 1 saturated carbocycles. The number of benzene rings is 2. The van der Waals surface area contributed by atoms with Crippen LogP contribution in [0.3, 0.4) is 0 Å². The Morgan fingerprint density at radius 1 is 0.946 bits per heavy atom. The number of carbonyl (C=O) groups excluding carboxylic acids is 2. The molecule has 1 unspecified atom stereocenters. The van der Waals surface area contributed by atoms with Crippen LogP contribution < -0.4 is 9.47 Å². The van der Waals surface area contributed by atoms with E-state index in [1.807, 2.05) is 43.3 Å². The molecule has 0 radical (unpaired) electrons. The first-order valence-corrected chi connectivity index (χ1v) is 13.3. The summed E-state index contributed by atoms with van der Waals surface area (Å²) in [5.74, 6) is -0.215. The summed E-state index contributed by atoms with van der Waals surface area (Å²) in [6.07, 6.45) is 6.02. The molecule has 6 heteroatoms. The molecule has 194 valence electrons. The summed E-state index contributed by atoms with van der Waals surface area (Å²) in [5.41, 5.74) is 3.93. The Morgan fingerprint density at radius 3 is 2.41 bits per heavy atom. The number of rotatable bonds is 6. The number of aliphatic imine (C=N–C) groups is 1. The highest BCUT2D eigenvalue weighted by Crippen LogP contribution is 2.49. The molecular weight excluding hydrogens is 466 g/mol. The van der Waals surface area contributed by atoms with Gasteiger partial charge in [0.1, 0.15) is 23.5 Å². The number of nitrogens with zero attached hydrogens (tertiary/aromatic N) is 1. The van der Waals surface area contributed by atoms with Gasteiger partial charge in [-0.05, 0) is 68.7 Å². The molecule has 1 aliphatic heterocycles. The first-order chi connectivity index (χ1) is 18.0. The van der Waals surface area contributed by atoms with E-state index in [1.165, 1.54) is 6.42 Å². The van der Waals surface area contributed by atoms with Gasteiger partial charge in [0.05, 0.1) is 14.2 Å². The summed E-state index contributed by atoms with van der Waals surface area (Å²) in [6, 6.07) is 15.6. The molecule has 0 amide bonds. The van der Waals surface area contributed by atoms with Crippen molar-refractivity contribution in [3.8, 4) is 11.5 Å². The average Bonchev–Trinajstić information content (AvgIpc) is 2.92. The average molecular weight is 502 g/mol. The highest BCUT2D eigenvalue weighted by atomic mass is 16.5. The lowest BCUT2D eigenvalue weighted by Gasteiger charge is -2.37. The lowest BCUT2D eigenvalue weighted by atomic mass is 9.69. The van der Waals surface area contributed by atoms with Crippen molar-refractivity contribution in [1.82, 2.24) is 0 Å². The molecule has 6 nitrogen and oxygen atoms in total. The molecule has 0 aromatic heterocycles. The molecule has 3 aliphatic rings. The summed E-state index contributed by atoms with van der Waals surface area (Å²) in [6.45, 7) is 1.88. The van der Waals surface area contributed by atoms with Gasteiger partial charge in [-0.1, -0.05) is 36.8 Å². The minimum absolute atomic E-state index is 0.0247. The maximum atomic E-state index is 13.9. The summed E-state index contributed by atoms with van der Waals surface area (Å²) in [4.78, 5) is 32.5. The summed E-state index contributed by atoms with van der Waals surface area (Å²) >= 11 is 0. The standard InChI is InChI=1S/C31H35NO5/c1-19-28(31(34)37-22-12-8-5-9-13-22)29(24-18-23(35-2)14-15-27(24)36-3)30-25(32-19)16-21(17-26(30)33)20-10-6-4-7-11-20/h4,6-7,10-11,14-15,18,21-22,28-29H,5,8-9,12-13,16-17H2,1-3H3/t21-,28?,29-/m0/s1. The van der Waals surface area contributed by atoms with Crippen LogP contribution in [0.2, 0.25) is 0 Å². The summed E-state index contributed by atoms with van der Waals surface area (Å²) < 4.78 is 17.3. The van der Waals surface area contributed by atoms with Crippen LogP contribution in [-0.4, -0.2) is 37.8 Å². The number of allylic oxidation sites excluding steroid dienone is 2. The predicted molar refractivity (Wildman–Crippen MR) is 142 cm³/mol. The molecule has 0 N–H and O–H groups in total. The fourth-order valence-electron chi connectivity index (χ4n) is 6.16. The van der Waals surface area contributed by atoms with Crippen molar-refractivity contribution in [3.05, 3.63) is 70.9 Å². The second-order valence-electron chi connectivity index (χ2n) is 10.3. The van der Waals surface area contributed by atoms with Gasteiger partial charge in [0.15, 0.2) is 5.78 Å². The van der Waals surface area contributed by atoms with E-state index in [2.05, 4.69) is 12.1 Å². The van der Waals surface area contributed by atoms with Gasteiger partial charge in [-0.15, -0.1) is 0 Å². The number of methoxy groups -OCH3 is 2. The van der Waals surface area contributed by atoms with E-state index in [9.17, 15) is 9.59 Å². The maximum Gasteiger partial charge on any atom is 0.315 e. The zero-order valence-corrected chi connectivity index (χ0v) is 21.9. The highest BCUT2D eigenvalue weighted by Gasteiger charge is 2.46. The van der Waals surface area contributed by atoms with Crippen molar-refractivity contribution >= 4 is 17.5 Å². The topological polar surface area (TPSA) is 74.2 Å². The van der Waals surface area contributed by atoms with Gasteiger partial charge < -0.3 is 14.2 Å². The van der Waals surface area contributed by atoms with Crippen molar-refractivity contribution in [2.75, 3.05) is 14.2 Å². The molecule has 0 spiro atoms. The van der Waals surface area contributed by atoms with Gasteiger partial charge in [-0.3, -0.25) is 14.6 Å². The van der Waals surface area contributed by atoms with Crippen LogP contribution in [0.4, 0.5) is 0 Å². The number of Topliss-reactive ketones (excluding diaryl/α,β-unsaturated/α-hetero) is 1. The Kier molecular flexibility index (Phi) is 7.45. The Hall–Kier alpha value is -3.41. The molecule has 1 heterocycles. The van der Waals surface area contributed by atoms with E-state index in [1.54, 1.807) is 14.2 Å². The Bertz CT molecular complexity index is 1230. The quantitative estimate of drug-likeness (QED) is 0.444. The zero-order valence-electron chi connectivity index (χ0n) is 21.9. The van der Waals surface area contributed by atoms with Crippen LogP contribution in [0.15, 0.2) is 64.8 Å². The van der Waals surface area contributed by atoms with Crippen molar-refractivity contribution < 1.29 is 23.8 Å². The third-order valence-electron chi connectivity index (χ3n) is 8.02. The van der Waals surface area contributed by atoms with Gasteiger partial charge in [0.25, 0.3) is 0 Å². The van der Waals surface area contributed by atoms with E-state index in [0.29, 0.717) is 35.6 Å². The smallest absolute Gasteiger partial charge is 0.315 e. The Labute approximate surface area is 218 Å². The molecule has 0 bridgehead atoms. The monoisotopic (exact) mass is 501 g/mol. The molecular formula is C31H35NO5. The van der Waals surface area contributed by atoms with Crippen molar-refractivity contribution in [1.29, 1.82) is 0 Å². The van der Waals surface area contributed by atoms with E-state index >= 15 is 0 Å². The van der Waals surface area contributed by atoms with Gasteiger partial charge in [-0.2, -0.15) is 0 Å². The molecule has 3 atom stereocenters. The molecule has 0 saturated heterocycles. The Morgan fingerprint density at radius 2 is 1.70 bits per heavy atom. The van der Waals surface area contributed by atoms with Crippen molar-refractivity contribution in [3.63, 3.8) is 0 Å². The highest BCUT2D eigenvalue weighted by molar-refractivity contribution is 6.09. The van der Waals surface area contributed by atoms with Gasteiger partial charge >= 0.3 is 5.97 Å². The first kappa shape index (κ1) is 25.2. The summed E-state index contributed by atoms with van der Waals surface area (Å²) in [7, 11) is 3.21. The van der Waals surface area contributed by atoms with Crippen LogP contribution in [0.25, 0.3) is 0 Å². The van der Waals surface area contributed by atoms with E-state index < -0.39 is 11.8 Å². The van der Waals surface area contributed by atoms with Crippen molar-refractivity contribution in [2.24, 2.45) is 10.9 Å². The fraction of sp³-hybridized carbons (Fsp3) is 0.452. The number of ether oxygens (including phenoxy) is 3. The Balaban J connectivity index is 1.59. The number of carbonyl (C=O) groups is 2. The number of hydrogen-bond acceptors (Lipinski definition) is 6. The third-order valence-corrected chi connectivity index (χ3v) is 8.02. The molecule has 2 aromatic carbocycles. The molecule has 1 fully saturated rings. The maximum absolute atomic E-state index is 13.9. The minimum Gasteiger partial charge on any atom is -0.497 e. The second-order valence-corrected chi connectivity index (χ2v) is 10.3. The fourth-order valence-corrected chi connectivity index (χ4v) is 6.16. The number of esters is 1. The van der Waals surface area contributed by atoms with E-state index in [0.717, 1.165) is 42.5 Å². The van der Waals surface area contributed by atoms with Crippen LogP contribution >= 0.6 is 0 Å². The second kappa shape index (κ2) is 10.9.